The molecule has 0 aliphatic heterocycles. The van der Waals surface area contributed by atoms with Crippen LogP contribution in [0.25, 0.3) is 33.6 Å². The Morgan fingerprint density at radius 1 is 1.12 bits per heavy atom. The summed E-state index contributed by atoms with van der Waals surface area (Å²) in [6, 6.07) is 5.20. The van der Waals surface area contributed by atoms with Crippen molar-refractivity contribution in [2.24, 2.45) is 0 Å². The summed E-state index contributed by atoms with van der Waals surface area (Å²) in [5, 5.41) is 9.54. The predicted molar refractivity (Wildman–Crippen MR) is 125 cm³/mol. The number of furan rings is 1. The van der Waals surface area contributed by atoms with Crippen molar-refractivity contribution in [2.75, 3.05) is 12.4 Å². The van der Waals surface area contributed by atoms with Crippen molar-refractivity contribution in [1.29, 1.82) is 0 Å². The Morgan fingerprint density at radius 2 is 1.94 bits per heavy atom. The molecule has 172 valence electrons. The van der Waals surface area contributed by atoms with Crippen molar-refractivity contribution in [1.82, 2.24) is 20.1 Å². The van der Waals surface area contributed by atoms with E-state index < -0.39 is 5.97 Å². The third-order valence-corrected chi connectivity index (χ3v) is 6.05. The van der Waals surface area contributed by atoms with Gasteiger partial charge in [0.1, 0.15) is 17.2 Å². The minimum Gasteiger partial charge on any atom is -0.466 e. The summed E-state index contributed by atoms with van der Waals surface area (Å²) in [7, 11) is 1.31. The maximum atomic E-state index is 13.3. The summed E-state index contributed by atoms with van der Waals surface area (Å²) in [4.78, 5) is 36.8. The van der Waals surface area contributed by atoms with Gasteiger partial charge in [-0.05, 0) is 39.0 Å². The number of hydrogen-bond acceptors (Lipinski definition) is 9. The second kappa shape index (κ2) is 8.27. The summed E-state index contributed by atoms with van der Waals surface area (Å²) in [5.74, 6) is 0.585. The standard InChI is InChI=1S/C23H19N5O5S/c1-10-5-14(12(3)32-10)16-7-15(19-11(2)28-33-21(19)25-16)20(29)27-23-26-18(9-34-23)13-6-17(24-8-13)22(30)31-4/h5-9,24H,1-4H3,(H,26,27,29). The molecule has 0 atom stereocenters. The summed E-state index contributed by atoms with van der Waals surface area (Å²) >= 11 is 1.27. The van der Waals surface area contributed by atoms with Gasteiger partial charge in [-0.2, -0.15) is 0 Å². The molecule has 1 amide bonds. The van der Waals surface area contributed by atoms with Crippen LogP contribution in [0.1, 0.15) is 38.1 Å². The number of rotatable bonds is 5. The molecule has 0 saturated heterocycles. The Labute approximate surface area is 197 Å². The van der Waals surface area contributed by atoms with Gasteiger partial charge in [0.15, 0.2) is 5.13 Å². The number of carbonyl (C=O) groups excluding carboxylic acids is 2. The quantitative estimate of drug-likeness (QED) is 0.341. The molecule has 5 aromatic rings. The number of anilines is 1. The molecule has 0 aliphatic rings. The van der Waals surface area contributed by atoms with Crippen molar-refractivity contribution in [2.45, 2.75) is 20.8 Å². The van der Waals surface area contributed by atoms with Gasteiger partial charge in [-0.15, -0.1) is 11.3 Å². The minimum absolute atomic E-state index is 0.265. The molecule has 0 aliphatic carbocycles. The zero-order valence-corrected chi connectivity index (χ0v) is 19.5. The lowest BCUT2D eigenvalue weighted by molar-refractivity contribution is 0.0594. The molecule has 5 aromatic heterocycles. The smallest absolute Gasteiger partial charge is 0.354 e. The number of aromatic amines is 1. The van der Waals surface area contributed by atoms with Crippen LogP contribution in [0.5, 0.6) is 0 Å². The molecule has 0 fully saturated rings. The number of amides is 1. The molecule has 11 heteroatoms. The Kier molecular flexibility index (Phi) is 5.25. The highest BCUT2D eigenvalue weighted by molar-refractivity contribution is 7.14. The first-order valence-electron chi connectivity index (χ1n) is 10.2. The third kappa shape index (κ3) is 3.75. The number of nitrogens with zero attached hydrogens (tertiary/aromatic N) is 3. The van der Waals surface area contributed by atoms with Gasteiger partial charge in [0.05, 0.1) is 35.1 Å². The van der Waals surface area contributed by atoms with E-state index in [1.807, 2.05) is 19.9 Å². The summed E-state index contributed by atoms with van der Waals surface area (Å²) in [5.41, 5.74) is 4.13. The number of methoxy groups -OCH3 is 1. The molecular weight excluding hydrogens is 458 g/mol. The van der Waals surface area contributed by atoms with Crippen LogP contribution in [-0.2, 0) is 4.74 Å². The Hall–Kier alpha value is -4.25. The van der Waals surface area contributed by atoms with E-state index in [4.69, 9.17) is 13.7 Å². The molecule has 0 spiro atoms. The first-order chi connectivity index (χ1) is 16.3. The number of esters is 1. The first-order valence-corrected chi connectivity index (χ1v) is 11.1. The van der Waals surface area contributed by atoms with Gasteiger partial charge in [-0.1, -0.05) is 5.16 Å². The number of carbonyl (C=O) groups is 2. The lowest BCUT2D eigenvalue weighted by Gasteiger charge is -2.06. The maximum Gasteiger partial charge on any atom is 0.354 e. The van der Waals surface area contributed by atoms with Crippen molar-refractivity contribution in [3.63, 3.8) is 0 Å². The van der Waals surface area contributed by atoms with E-state index in [0.717, 1.165) is 11.3 Å². The number of hydrogen-bond donors (Lipinski definition) is 2. The number of pyridine rings is 1. The Balaban J connectivity index is 1.47. The van der Waals surface area contributed by atoms with Crippen LogP contribution in [-0.4, -0.2) is 39.1 Å². The number of fused-ring (bicyclic) bond motifs is 1. The van der Waals surface area contributed by atoms with Crippen molar-refractivity contribution < 1.29 is 23.3 Å². The predicted octanol–water partition coefficient (Wildman–Crippen LogP) is 4.90. The number of ether oxygens (including phenoxy) is 1. The van der Waals surface area contributed by atoms with E-state index in [1.54, 1.807) is 30.6 Å². The molecule has 5 heterocycles. The largest absolute Gasteiger partial charge is 0.466 e. The van der Waals surface area contributed by atoms with E-state index in [1.165, 1.54) is 18.4 Å². The Bertz CT molecular complexity index is 1560. The highest BCUT2D eigenvalue weighted by Crippen LogP contribution is 2.31. The van der Waals surface area contributed by atoms with E-state index in [0.29, 0.717) is 50.2 Å². The zero-order chi connectivity index (χ0) is 24.0. The van der Waals surface area contributed by atoms with E-state index in [9.17, 15) is 9.59 Å². The molecule has 0 unspecified atom stereocenters. The summed E-state index contributed by atoms with van der Waals surface area (Å²) in [6.45, 7) is 5.44. The highest BCUT2D eigenvalue weighted by atomic mass is 32.1. The van der Waals surface area contributed by atoms with Gasteiger partial charge in [-0.3, -0.25) is 10.1 Å². The zero-order valence-electron chi connectivity index (χ0n) is 18.7. The maximum absolute atomic E-state index is 13.3. The van der Waals surface area contributed by atoms with Crippen LogP contribution in [0.4, 0.5) is 5.13 Å². The van der Waals surface area contributed by atoms with Crippen molar-refractivity contribution >= 4 is 39.4 Å². The molecule has 2 N–H and O–H groups in total. The lowest BCUT2D eigenvalue weighted by Crippen LogP contribution is -2.13. The number of thiazole rings is 1. The van der Waals surface area contributed by atoms with Gasteiger partial charge in [-0.25, -0.2) is 14.8 Å². The van der Waals surface area contributed by atoms with E-state index in [-0.39, 0.29) is 11.6 Å². The van der Waals surface area contributed by atoms with Crippen LogP contribution in [0.2, 0.25) is 0 Å². The molecule has 10 nitrogen and oxygen atoms in total. The fourth-order valence-corrected chi connectivity index (χ4v) is 4.41. The van der Waals surface area contributed by atoms with Gasteiger partial charge in [0.25, 0.3) is 11.6 Å². The summed E-state index contributed by atoms with van der Waals surface area (Å²) < 4.78 is 15.7. The van der Waals surface area contributed by atoms with E-state index in [2.05, 4.69) is 25.4 Å². The van der Waals surface area contributed by atoms with Gasteiger partial charge < -0.3 is 18.7 Å². The molecule has 0 radical (unpaired) electrons. The second-order valence-corrected chi connectivity index (χ2v) is 8.47. The number of H-pyrrole nitrogens is 1. The highest BCUT2D eigenvalue weighted by Gasteiger charge is 2.22. The van der Waals surface area contributed by atoms with Crippen LogP contribution in [0.3, 0.4) is 0 Å². The van der Waals surface area contributed by atoms with Crippen LogP contribution >= 0.6 is 11.3 Å². The van der Waals surface area contributed by atoms with Crippen LogP contribution < -0.4 is 5.32 Å². The van der Waals surface area contributed by atoms with Crippen LogP contribution in [0, 0.1) is 20.8 Å². The van der Waals surface area contributed by atoms with Gasteiger partial charge >= 0.3 is 5.97 Å². The van der Waals surface area contributed by atoms with Gasteiger partial charge in [0, 0.05) is 22.7 Å². The second-order valence-electron chi connectivity index (χ2n) is 7.62. The molecule has 0 saturated carbocycles. The Morgan fingerprint density at radius 3 is 2.68 bits per heavy atom. The molecule has 34 heavy (non-hydrogen) atoms. The van der Waals surface area contributed by atoms with Crippen LogP contribution in [0.15, 0.2) is 38.7 Å². The topological polar surface area (TPSA) is 136 Å². The molecular formula is C23H19N5O5S. The minimum atomic E-state index is -0.473. The first kappa shape index (κ1) is 21.6. The number of aromatic nitrogens is 4. The molecule has 5 rings (SSSR count). The third-order valence-electron chi connectivity index (χ3n) is 5.29. The van der Waals surface area contributed by atoms with E-state index >= 15 is 0 Å². The summed E-state index contributed by atoms with van der Waals surface area (Å²) in [6.07, 6.45) is 1.65. The fourth-order valence-electron chi connectivity index (χ4n) is 3.70. The average Bonchev–Trinajstić information content (AvgIpc) is 3.60. The number of nitrogens with one attached hydrogen (secondary N) is 2. The lowest BCUT2D eigenvalue weighted by atomic mass is 10.1. The average molecular weight is 478 g/mol. The van der Waals surface area contributed by atoms with Crippen molar-refractivity contribution in [3.8, 4) is 22.5 Å². The molecule has 0 aromatic carbocycles. The number of aryl methyl sites for hydroxylation is 3. The fraction of sp³-hybridized carbons (Fsp3) is 0.174. The van der Waals surface area contributed by atoms with Gasteiger partial charge in [0.2, 0.25) is 0 Å². The molecule has 0 bridgehead atoms. The normalized spacial score (nSPS) is 11.2. The monoisotopic (exact) mass is 477 g/mol. The van der Waals surface area contributed by atoms with Crippen molar-refractivity contribution in [3.05, 3.63) is 58.2 Å². The SMILES string of the molecule is COC(=O)c1cc(-c2csc(NC(=O)c3cc(-c4cc(C)oc4C)nc4onc(C)c34)n2)c[nH]1.